The monoisotopic (exact) mass is 1130 g/mol. The van der Waals surface area contributed by atoms with E-state index < -0.39 is 125 Å². The van der Waals surface area contributed by atoms with Crippen LogP contribution in [0.1, 0.15) is 117 Å². The molecule has 6 N–H and O–H groups in total. The molecule has 0 radical (unpaired) electrons. The van der Waals surface area contributed by atoms with Gasteiger partial charge in [0.1, 0.15) is 42.7 Å². The summed E-state index contributed by atoms with van der Waals surface area (Å²) in [5.41, 5.74) is -2.11. The Hall–Kier alpha value is -2.36. The number of nitrogens with one attached hydrogen (secondary N) is 1. The van der Waals surface area contributed by atoms with Gasteiger partial charge in [0, 0.05) is 70.1 Å². The Labute approximate surface area is 439 Å². The molecule has 2 aromatic rings. The maximum absolute atomic E-state index is 14.7. The molecule has 0 aliphatic carbocycles. The van der Waals surface area contributed by atoms with Gasteiger partial charge in [0.25, 0.3) is 0 Å². The molecular formula is C51H84FIN6O13. The number of rotatable bonds is 15. The third-order valence-electron chi connectivity index (χ3n) is 15.6. The lowest BCUT2D eigenvalue weighted by Gasteiger charge is -2.49. The van der Waals surface area contributed by atoms with Crippen molar-refractivity contribution in [2.75, 3.05) is 48.1 Å². The van der Waals surface area contributed by atoms with Crippen molar-refractivity contribution < 1.29 is 67.9 Å². The zero-order valence-electron chi connectivity index (χ0n) is 44.6. The molecule has 1 aromatic heterocycles. The molecule has 20 atom stereocenters. The van der Waals surface area contributed by atoms with Crippen LogP contribution in [0.5, 0.6) is 0 Å². The second kappa shape index (κ2) is 25.2. The quantitative estimate of drug-likeness (QED) is 0.0628. The summed E-state index contributed by atoms with van der Waals surface area (Å²) in [5.74, 6) is -2.92. The van der Waals surface area contributed by atoms with Gasteiger partial charge in [0.05, 0.1) is 47.2 Å². The molecule has 3 aliphatic heterocycles. The molecule has 72 heavy (non-hydrogen) atoms. The van der Waals surface area contributed by atoms with Crippen LogP contribution >= 0.6 is 22.6 Å². The number of hydrogen-bond donors (Lipinski definition) is 6. The van der Waals surface area contributed by atoms with E-state index in [-0.39, 0.29) is 18.8 Å². The van der Waals surface area contributed by atoms with Gasteiger partial charge in [-0.1, -0.05) is 43.3 Å². The third kappa shape index (κ3) is 14.0. The molecule has 5 rings (SSSR count). The van der Waals surface area contributed by atoms with Crippen molar-refractivity contribution in [1.82, 2.24) is 24.8 Å². The number of carbonyl (C=O) groups is 1. The fraction of sp³-hybridized carbons (Fsp3) is 0.804. The number of likely N-dealkylation sites (N-methyl/N-ethyl adjacent to an activating group) is 2. The molecule has 3 aliphatic rings. The van der Waals surface area contributed by atoms with E-state index in [1.165, 1.54) is 25.8 Å². The molecule has 19 nitrogen and oxygen atoms in total. The number of hydrogen-bond acceptors (Lipinski definition) is 18. The largest absolute Gasteiger partial charge is 0.448 e. The summed E-state index contributed by atoms with van der Waals surface area (Å²) in [6, 6.07) is 5.35. The van der Waals surface area contributed by atoms with Crippen molar-refractivity contribution in [2.45, 2.75) is 195 Å². The van der Waals surface area contributed by atoms with E-state index in [4.69, 9.17) is 38.6 Å². The molecule has 0 unspecified atom stereocenters. The first-order valence-electron chi connectivity index (χ1n) is 25.2. The number of ether oxygens (including phenoxy) is 7. The van der Waals surface area contributed by atoms with Crippen LogP contribution in [-0.4, -0.2) is 198 Å². The third-order valence-corrected chi connectivity index (χ3v) is 17.1. The molecule has 0 saturated carbocycles. The summed E-state index contributed by atoms with van der Waals surface area (Å²) < 4.78 is 58.8. The van der Waals surface area contributed by atoms with Crippen molar-refractivity contribution in [2.24, 2.45) is 17.8 Å². The number of nitrogens with zero attached hydrogens (tertiary/aromatic N) is 5. The number of esters is 1. The van der Waals surface area contributed by atoms with E-state index in [1.807, 2.05) is 72.5 Å². The standard InChI is InChI=1S/C51H84FIN6O13/c1-27-22-49(8,64)45(29(3)41(70-39-23-50(9,67-14)44(62)33(7)69-39)30(4)46(63)72-48(53)51(10,65)43(61)32(6)58(12)25-27)71-47-40(60)37(21-28(2)68-47)57(11)20-19-36-26-59(56-55-36)38(24-52)42(66-13)35-17-15-34(16-18-35)31(5)54/h15-18,26-30,32-33,37-45,47-48,54,60-62,64-65H,19-25H2,1-14H3/t27-,28-,29+,30-,32-,33+,37+,38-,39+,40-,41+,42-,43-,44+,45-,47+,48+,49-,50-,51+/m1/s1. The zero-order chi connectivity index (χ0) is 53.8. The van der Waals surface area contributed by atoms with Crippen LogP contribution in [0.3, 0.4) is 0 Å². The normalized spacial score (nSPS) is 40.0. The van der Waals surface area contributed by atoms with Gasteiger partial charge in [-0.05, 0) is 122 Å². The van der Waals surface area contributed by atoms with E-state index in [9.17, 15) is 34.7 Å². The lowest BCUT2D eigenvalue weighted by Crippen LogP contribution is -2.60. The minimum atomic E-state index is -1.88. The SMILES string of the molecule is CO[C@H](c1ccc(C(C)=N)cc1)[C@@H](CF)n1cc(CCN(C)[C@H]2C[C@@H](C)O[C@@H](O[C@@H]3[C@@H](C)[C@H](O[C@H]4C[C@@](C)(OC)[C@@H](O)[C@H](C)O4)[C@@H](C)C(=O)O[C@H](I)[C@@](C)(O)[C@H](O)[C@@H](C)N(C)C[C@H](C)C[C@@]3(C)O)[C@@H]2O)nn1. The van der Waals surface area contributed by atoms with Gasteiger partial charge in [-0.2, -0.15) is 0 Å². The van der Waals surface area contributed by atoms with Crippen molar-refractivity contribution >= 4 is 34.3 Å². The van der Waals surface area contributed by atoms with Gasteiger partial charge in [-0.25, -0.2) is 9.07 Å². The molecule has 0 amide bonds. The van der Waals surface area contributed by atoms with Gasteiger partial charge in [0.15, 0.2) is 16.7 Å². The smallest absolute Gasteiger partial charge is 0.312 e. The zero-order valence-corrected chi connectivity index (χ0v) is 46.8. The maximum atomic E-state index is 14.7. The minimum absolute atomic E-state index is 0.0798. The summed E-state index contributed by atoms with van der Waals surface area (Å²) in [5, 5.41) is 75.9. The molecule has 3 fully saturated rings. The molecule has 3 saturated heterocycles. The molecule has 4 heterocycles. The number of alkyl halides is 2. The van der Waals surface area contributed by atoms with E-state index >= 15 is 0 Å². The van der Waals surface area contributed by atoms with Gasteiger partial charge in [-0.3, -0.25) is 4.79 Å². The van der Waals surface area contributed by atoms with Crippen LogP contribution in [0.2, 0.25) is 0 Å². The fourth-order valence-electron chi connectivity index (χ4n) is 10.8. The number of cyclic esters (lactones) is 1. The van der Waals surface area contributed by atoms with Gasteiger partial charge >= 0.3 is 5.97 Å². The van der Waals surface area contributed by atoms with Gasteiger partial charge < -0.3 is 73.9 Å². The second-order valence-electron chi connectivity index (χ2n) is 21.7. The average Bonchev–Trinajstić information content (AvgIpc) is 3.80. The summed E-state index contributed by atoms with van der Waals surface area (Å²) >= 11 is 1.82. The van der Waals surface area contributed by atoms with Crippen LogP contribution in [0.15, 0.2) is 30.5 Å². The Morgan fingerprint density at radius 3 is 2.26 bits per heavy atom. The van der Waals surface area contributed by atoms with E-state index in [0.29, 0.717) is 37.3 Å². The summed E-state index contributed by atoms with van der Waals surface area (Å²) in [7, 11) is 6.69. The molecule has 1 aromatic carbocycles. The van der Waals surface area contributed by atoms with Crippen molar-refractivity contribution in [3.63, 3.8) is 0 Å². The lowest BCUT2D eigenvalue weighted by molar-refractivity contribution is -0.318. The first kappa shape index (κ1) is 60.5. The Morgan fingerprint density at radius 1 is 1.01 bits per heavy atom. The first-order valence-corrected chi connectivity index (χ1v) is 26.4. The Kier molecular flexibility index (Phi) is 21.2. The summed E-state index contributed by atoms with van der Waals surface area (Å²) in [4.78, 5) is 18.2. The van der Waals surface area contributed by atoms with Crippen LogP contribution in [0.25, 0.3) is 0 Å². The van der Waals surface area contributed by atoms with Crippen LogP contribution in [0, 0.1) is 23.2 Å². The summed E-state index contributed by atoms with van der Waals surface area (Å²) in [6.45, 7) is 17.3. The van der Waals surface area contributed by atoms with Crippen molar-refractivity contribution in [3.05, 3.63) is 47.3 Å². The number of methoxy groups -OCH3 is 2. The summed E-state index contributed by atoms with van der Waals surface area (Å²) in [6.07, 6.45) is -7.15. The lowest BCUT2D eigenvalue weighted by atomic mass is 9.77. The van der Waals surface area contributed by atoms with Crippen molar-refractivity contribution in [1.29, 1.82) is 5.41 Å². The van der Waals surface area contributed by atoms with Crippen molar-refractivity contribution in [3.8, 4) is 0 Å². The predicted octanol–water partition coefficient (Wildman–Crippen LogP) is 4.37. The second-order valence-corrected chi connectivity index (χ2v) is 22.8. The fourth-order valence-corrected chi connectivity index (χ4v) is 11.5. The van der Waals surface area contributed by atoms with Crippen LogP contribution < -0.4 is 0 Å². The molecule has 21 heteroatoms. The first-order chi connectivity index (χ1) is 33.6. The van der Waals surface area contributed by atoms with Crippen LogP contribution in [0.4, 0.5) is 4.39 Å². The minimum Gasteiger partial charge on any atom is -0.448 e. The van der Waals surface area contributed by atoms with Gasteiger partial charge in [0.2, 0.25) is 0 Å². The molecule has 410 valence electrons. The van der Waals surface area contributed by atoms with E-state index in [0.717, 1.165) is 11.1 Å². The van der Waals surface area contributed by atoms with Gasteiger partial charge in [-0.15, -0.1) is 5.10 Å². The highest BCUT2D eigenvalue weighted by Gasteiger charge is 2.53. The number of carbonyl (C=O) groups excluding carboxylic acids is 1. The average molecular weight is 1140 g/mol. The number of aromatic nitrogens is 3. The van der Waals surface area contributed by atoms with Crippen LogP contribution in [-0.2, 0) is 44.4 Å². The number of benzene rings is 1. The Morgan fingerprint density at radius 2 is 1.67 bits per heavy atom. The maximum Gasteiger partial charge on any atom is 0.312 e. The number of halogens is 2. The van der Waals surface area contributed by atoms with E-state index in [1.54, 1.807) is 66.8 Å². The predicted molar refractivity (Wildman–Crippen MR) is 274 cm³/mol. The molecular weight excluding hydrogens is 1050 g/mol. The molecule has 0 bridgehead atoms. The highest BCUT2D eigenvalue weighted by atomic mass is 127. The number of aliphatic hydroxyl groups is 5. The number of aliphatic hydroxyl groups excluding tert-OH is 3. The Balaban J connectivity index is 1.43. The Bertz CT molecular complexity index is 2060. The highest BCUT2D eigenvalue weighted by Crippen LogP contribution is 2.41. The molecule has 0 spiro atoms. The highest BCUT2D eigenvalue weighted by molar-refractivity contribution is 14.1. The van der Waals surface area contributed by atoms with E-state index in [2.05, 4.69) is 10.3 Å². The topological polar surface area (TPSA) is 244 Å².